The van der Waals surface area contributed by atoms with Crippen LogP contribution in [0.5, 0.6) is 0 Å². The largest absolute Gasteiger partial charge is 0.323 e. The summed E-state index contributed by atoms with van der Waals surface area (Å²) < 4.78 is 14.4. The van der Waals surface area contributed by atoms with Gasteiger partial charge in [0.2, 0.25) is 5.91 Å². The van der Waals surface area contributed by atoms with E-state index in [2.05, 4.69) is 10.3 Å². The van der Waals surface area contributed by atoms with Crippen LogP contribution >= 0.6 is 34.5 Å². The van der Waals surface area contributed by atoms with Gasteiger partial charge in [-0.3, -0.25) is 14.2 Å². The molecule has 0 fully saturated rings. The van der Waals surface area contributed by atoms with Crippen LogP contribution in [-0.4, -0.2) is 15.5 Å². The number of hydrogen-bond donors (Lipinski definition) is 1. The third-order valence-corrected chi connectivity index (χ3v) is 5.96. The van der Waals surface area contributed by atoms with Gasteiger partial charge < -0.3 is 5.32 Å². The number of carbonyl (C=O) groups is 1. The van der Waals surface area contributed by atoms with Gasteiger partial charge in [0.15, 0.2) is 0 Å². The van der Waals surface area contributed by atoms with Crippen LogP contribution in [-0.2, 0) is 11.3 Å². The van der Waals surface area contributed by atoms with Crippen molar-refractivity contribution in [3.63, 3.8) is 0 Å². The molecule has 146 valence electrons. The maximum absolute atomic E-state index is 13.2. The molecule has 9 heteroatoms. The molecule has 2 heterocycles. The zero-order valence-electron chi connectivity index (χ0n) is 14.7. The first-order valence-electron chi connectivity index (χ1n) is 8.40. The number of carbonyl (C=O) groups excluding carboxylic acids is 1. The molecule has 0 atom stereocenters. The van der Waals surface area contributed by atoms with Crippen LogP contribution < -0.4 is 10.9 Å². The van der Waals surface area contributed by atoms with Gasteiger partial charge in [0.1, 0.15) is 17.2 Å². The zero-order chi connectivity index (χ0) is 20.5. The Bertz CT molecular complexity index is 1290. The lowest BCUT2D eigenvalue weighted by molar-refractivity contribution is -0.116. The van der Waals surface area contributed by atoms with E-state index in [9.17, 15) is 14.0 Å². The van der Waals surface area contributed by atoms with Crippen LogP contribution in [0.25, 0.3) is 21.3 Å². The number of hydrogen-bond acceptors (Lipinski definition) is 4. The van der Waals surface area contributed by atoms with Crippen molar-refractivity contribution >= 4 is 56.3 Å². The minimum absolute atomic E-state index is 0.222. The quantitative estimate of drug-likeness (QED) is 0.466. The molecule has 1 amide bonds. The van der Waals surface area contributed by atoms with Gasteiger partial charge in [-0.2, -0.15) is 0 Å². The molecule has 29 heavy (non-hydrogen) atoms. The van der Waals surface area contributed by atoms with Crippen molar-refractivity contribution in [2.45, 2.75) is 6.54 Å². The van der Waals surface area contributed by atoms with Gasteiger partial charge in [-0.1, -0.05) is 41.4 Å². The van der Waals surface area contributed by atoms with Crippen molar-refractivity contribution in [2.75, 3.05) is 5.32 Å². The summed E-state index contributed by atoms with van der Waals surface area (Å²) in [5, 5.41) is 5.35. The van der Waals surface area contributed by atoms with Gasteiger partial charge in [-0.05, 0) is 29.8 Å². The van der Waals surface area contributed by atoms with Crippen molar-refractivity contribution in [1.82, 2.24) is 9.55 Å². The number of aromatic nitrogens is 2. The van der Waals surface area contributed by atoms with Crippen LogP contribution in [0.4, 0.5) is 10.1 Å². The summed E-state index contributed by atoms with van der Waals surface area (Å²) >= 11 is 13.3. The Morgan fingerprint density at radius 1 is 1.17 bits per heavy atom. The van der Waals surface area contributed by atoms with E-state index in [4.69, 9.17) is 23.2 Å². The summed E-state index contributed by atoms with van der Waals surface area (Å²) in [4.78, 5) is 30.2. The number of halogens is 3. The van der Waals surface area contributed by atoms with Crippen LogP contribution in [0.1, 0.15) is 0 Å². The number of nitrogens with zero attached hydrogens (tertiary/aromatic N) is 2. The van der Waals surface area contributed by atoms with E-state index in [1.807, 2.05) is 0 Å². The van der Waals surface area contributed by atoms with Gasteiger partial charge in [0.25, 0.3) is 5.56 Å². The minimum Gasteiger partial charge on any atom is -0.323 e. The maximum Gasteiger partial charge on any atom is 0.263 e. The molecule has 0 saturated carbocycles. The number of rotatable bonds is 4. The van der Waals surface area contributed by atoms with E-state index in [1.165, 1.54) is 34.4 Å². The Morgan fingerprint density at radius 2 is 1.93 bits per heavy atom. The first-order valence-corrected chi connectivity index (χ1v) is 10.0. The molecule has 0 radical (unpaired) electrons. The highest BCUT2D eigenvalue weighted by molar-refractivity contribution is 7.17. The standard InChI is InChI=1S/C20H12Cl2FN3O2S/c21-14-2-1-3-15(18(14)22)25-16(27)8-26-10-24-19-17(20(26)28)13(9-29-19)11-4-6-12(23)7-5-11/h1-7,9-10H,8H2,(H,25,27). The molecule has 2 aromatic carbocycles. The van der Waals surface area contributed by atoms with Gasteiger partial charge >= 0.3 is 0 Å². The van der Waals surface area contributed by atoms with E-state index in [0.717, 1.165) is 0 Å². The molecular formula is C20H12Cl2FN3O2S. The normalized spacial score (nSPS) is 11.0. The topological polar surface area (TPSA) is 64.0 Å². The SMILES string of the molecule is O=C(Cn1cnc2scc(-c3ccc(F)cc3)c2c1=O)Nc1cccc(Cl)c1Cl. The predicted molar refractivity (Wildman–Crippen MR) is 114 cm³/mol. The molecule has 5 nitrogen and oxygen atoms in total. The van der Waals surface area contributed by atoms with Crippen molar-refractivity contribution in [3.05, 3.63) is 80.4 Å². The highest BCUT2D eigenvalue weighted by Crippen LogP contribution is 2.31. The van der Waals surface area contributed by atoms with E-state index >= 15 is 0 Å². The van der Waals surface area contributed by atoms with Gasteiger partial charge in [-0.15, -0.1) is 11.3 Å². The summed E-state index contributed by atoms with van der Waals surface area (Å²) in [6, 6.07) is 10.7. The maximum atomic E-state index is 13.2. The van der Waals surface area contributed by atoms with Crippen molar-refractivity contribution < 1.29 is 9.18 Å². The molecule has 1 N–H and O–H groups in total. The molecule has 0 unspecified atom stereocenters. The van der Waals surface area contributed by atoms with Crippen molar-refractivity contribution in [3.8, 4) is 11.1 Å². The van der Waals surface area contributed by atoms with E-state index in [1.54, 1.807) is 35.7 Å². The predicted octanol–water partition coefficient (Wildman–Crippen LogP) is 5.21. The number of benzene rings is 2. The Morgan fingerprint density at radius 3 is 2.69 bits per heavy atom. The Hall–Kier alpha value is -2.74. The lowest BCUT2D eigenvalue weighted by Crippen LogP contribution is -2.27. The van der Waals surface area contributed by atoms with Gasteiger partial charge in [-0.25, -0.2) is 9.37 Å². The summed E-state index contributed by atoms with van der Waals surface area (Å²) in [7, 11) is 0. The van der Waals surface area contributed by atoms with E-state index in [-0.39, 0.29) is 22.9 Å². The van der Waals surface area contributed by atoms with Crippen LogP contribution in [0.2, 0.25) is 10.0 Å². The second-order valence-electron chi connectivity index (χ2n) is 6.16. The molecule has 0 aliphatic rings. The molecule has 4 rings (SSSR count). The average Bonchev–Trinajstić information content (AvgIpc) is 3.13. The Labute approximate surface area is 178 Å². The molecular weight excluding hydrogens is 436 g/mol. The molecule has 0 aliphatic carbocycles. The fourth-order valence-corrected chi connectivity index (χ4v) is 4.12. The van der Waals surface area contributed by atoms with Crippen molar-refractivity contribution in [1.29, 1.82) is 0 Å². The lowest BCUT2D eigenvalue weighted by atomic mass is 10.1. The number of nitrogens with one attached hydrogen (secondary N) is 1. The summed E-state index contributed by atoms with van der Waals surface area (Å²) in [5.74, 6) is -0.809. The van der Waals surface area contributed by atoms with Crippen LogP contribution in [0.3, 0.4) is 0 Å². The minimum atomic E-state index is -0.448. The fraction of sp³-hybridized carbons (Fsp3) is 0.0500. The first kappa shape index (κ1) is 19.6. The van der Waals surface area contributed by atoms with Crippen molar-refractivity contribution in [2.24, 2.45) is 0 Å². The van der Waals surface area contributed by atoms with Gasteiger partial charge in [0, 0.05) is 10.9 Å². The summed E-state index contributed by atoms with van der Waals surface area (Å²) in [6.07, 6.45) is 1.33. The monoisotopic (exact) mass is 447 g/mol. The van der Waals surface area contributed by atoms with Crippen LogP contribution in [0.15, 0.2) is 59.0 Å². The lowest BCUT2D eigenvalue weighted by Gasteiger charge is -2.09. The second kappa shape index (κ2) is 7.94. The highest BCUT2D eigenvalue weighted by atomic mass is 35.5. The summed E-state index contributed by atoms with van der Waals surface area (Å²) in [6.45, 7) is -0.247. The molecule has 4 aromatic rings. The zero-order valence-corrected chi connectivity index (χ0v) is 17.0. The Balaban J connectivity index is 1.66. The number of anilines is 1. The Kier molecular flexibility index (Phi) is 5.36. The second-order valence-corrected chi connectivity index (χ2v) is 7.81. The summed E-state index contributed by atoms with van der Waals surface area (Å²) in [5.41, 5.74) is 1.34. The average molecular weight is 448 g/mol. The fourth-order valence-electron chi connectivity index (χ4n) is 2.87. The van der Waals surface area contributed by atoms with Crippen LogP contribution in [0, 0.1) is 5.82 Å². The van der Waals surface area contributed by atoms with E-state index in [0.29, 0.717) is 32.1 Å². The first-order chi connectivity index (χ1) is 13.9. The smallest absolute Gasteiger partial charge is 0.263 e. The molecule has 0 bridgehead atoms. The number of fused-ring (bicyclic) bond motifs is 1. The molecule has 0 aliphatic heterocycles. The third kappa shape index (κ3) is 3.89. The molecule has 0 spiro atoms. The number of amides is 1. The van der Waals surface area contributed by atoms with Gasteiger partial charge in [0.05, 0.1) is 27.4 Å². The highest BCUT2D eigenvalue weighted by Gasteiger charge is 2.15. The molecule has 2 aromatic heterocycles. The third-order valence-electron chi connectivity index (χ3n) is 4.26. The molecule has 0 saturated heterocycles. The number of thiophene rings is 1. The van der Waals surface area contributed by atoms with E-state index < -0.39 is 5.91 Å².